The second-order valence-electron chi connectivity index (χ2n) is 11.7. The number of hydrogen-bond acceptors (Lipinski definition) is 2. The predicted octanol–water partition coefficient (Wildman–Crippen LogP) is 6.61. The van der Waals surface area contributed by atoms with Crippen molar-refractivity contribution in [2.24, 2.45) is 0 Å². The summed E-state index contributed by atoms with van der Waals surface area (Å²) in [6, 6.07) is 4.86. The Kier molecular flexibility index (Phi) is 9.04. The molecule has 0 fully saturated rings. The molecule has 0 aromatic heterocycles. The van der Waals surface area contributed by atoms with Gasteiger partial charge in [-0.2, -0.15) is 0 Å². The van der Waals surface area contributed by atoms with Gasteiger partial charge in [0.15, 0.2) is 0 Å². The summed E-state index contributed by atoms with van der Waals surface area (Å²) >= 11 is 0.219. The van der Waals surface area contributed by atoms with Gasteiger partial charge >= 0.3 is 193 Å². The molecule has 2 nitrogen and oxygen atoms in total. The summed E-state index contributed by atoms with van der Waals surface area (Å²) < 4.78 is 7.18. The summed E-state index contributed by atoms with van der Waals surface area (Å²) in [7, 11) is 0. The van der Waals surface area contributed by atoms with Crippen LogP contribution in [0.3, 0.4) is 0 Å². The van der Waals surface area contributed by atoms with Crippen molar-refractivity contribution in [1.82, 2.24) is 0 Å². The van der Waals surface area contributed by atoms with Crippen molar-refractivity contribution in [3.05, 3.63) is 41.0 Å². The van der Waals surface area contributed by atoms with Crippen molar-refractivity contribution in [1.29, 1.82) is 0 Å². The van der Waals surface area contributed by atoms with E-state index in [2.05, 4.69) is 81.0 Å². The van der Waals surface area contributed by atoms with Crippen LogP contribution in [0.15, 0.2) is 24.3 Å². The normalized spacial score (nSPS) is 13.8. The summed E-state index contributed by atoms with van der Waals surface area (Å²) in [6.07, 6.45) is 1.71. The maximum absolute atomic E-state index is 11.7. The molecule has 1 aromatic rings. The van der Waals surface area contributed by atoms with Crippen LogP contribution in [-0.4, -0.2) is 27.0 Å². The minimum atomic E-state index is -0.187. The van der Waals surface area contributed by atoms with E-state index in [1.165, 1.54) is 28.1 Å². The van der Waals surface area contributed by atoms with Gasteiger partial charge in [-0.1, -0.05) is 0 Å². The fourth-order valence-electron chi connectivity index (χ4n) is 3.33. The molecule has 0 aliphatic heterocycles. The van der Waals surface area contributed by atoms with E-state index in [0.29, 0.717) is 0 Å². The van der Waals surface area contributed by atoms with Crippen LogP contribution in [0.2, 0.25) is 5.32 Å². The Labute approximate surface area is 192 Å². The zero-order valence-corrected chi connectivity index (χ0v) is 23.0. The fourth-order valence-corrected chi connectivity index (χ4v) is 6.74. The van der Waals surface area contributed by atoms with Crippen LogP contribution in [0, 0.1) is 0 Å². The van der Waals surface area contributed by atoms with E-state index in [1.807, 2.05) is 6.92 Å². The van der Waals surface area contributed by atoms with E-state index >= 15 is 0 Å². The molecule has 0 heterocycles. The molecule has 3 heteroatoms. The van der Waals surface area contributed by atoms with Gasteiger partial charge in [-0.15, -0.1) is 0 Å². The van der Waals surface area contributed by atoms with Gasteiger partial charge in [0.05, 0.1) is 0 Å². The van der Waals surface area contributed by atoms with E-state index < -0.39 is 0 Å². The number of allylic oxidation sites excluding steroid dienone is 1. The van der Waals surface area contributed by atoms with Crippen LogP contribution in [-0.2, 0) is 25.8 Å². The molecular weight excluding hydrogens is 435 g/mol. The molecule has 0 aliphatic rings. The molecule has 0 saturated carbocycles. The zero-order chi connectivity index (χ0) is 23.5. The molecule has 0 aliphatic carbocycles. The van der Waals surface area contributed by atoms with Crippen molar-refractivity contribution >= 4 is 25.4 Å². The molecule has 0 bridgehead atoms. The quantitative estimate of drug-likeness (QED) is 0.250. The number of ether oxygens (including phenoxy) is 1. The summed E-state index contributed by atoms with van der Waals surface area (Å²) in [6.45, 7) is 28.3. The van der Waals surface area contributed by atoms with E-state index in [4.69, 9.17) is 4.74 Å². The van der Waals surface area contributed by atoms with Crippen molar-refractivity contribution < 1.29 is 9.53 Å². The van der Waals surface area contributed by atoms with E-state index in [0.717, 1.165) is 23.7 Å². The summed E-state index contributed by atoms with van der Waals surface area (Å²) in [5, 5.41) is 0.904. The third-order valence-corrected chi connectivity index (χ3v) is 7.87. The minimum absolute atomic E-state index is 0.0397. The topological polar surface area (TPSA) is 26.3 Å². The molecule has 0 amide bonds. The van der Waals surface area contributed by atoms with Crippen LogP contribution >= 0.6 is 0 Å². The van der Waals surface area contributed by atoms with Crippen LogP contribution < -0.4 is 4.46 Å². The average molecular weight is 480 g/mol. The van der Waals surface area contributed by atoms with Crippen molar-refractivity contribution in [2.75, 3.05) is 0 Å². The first kappa shape index (κ1) is 27.0. The molecule has 0 radical (unpaired) electrons. The van der Waals surface area contributed by atoms with Gasteiger partial charge in [-0.05, 0) is 0 Å². The van der Waals surface area contributed by atoms with Crippen molar-refractivity contribution in [3.8, 4) is 0 Å². The van der Waals surface area contributed by atoms with Crippen LogP contribution in [0.5, 0.6) is 0 Å². The second-order valence-corrected chi connectivity index (χ2v) is 13.9. The third-order valence-electron chi connectivity index (χ3n) is 5.21. The van der Waals surface area contributed by atoms with Gasteiger partial charge in [-0.3, -0.25) is 0 Å². The van der Waals surface area contributed by atoms with Crippen LogP contribution in [0.1, 0.15) is 106 Å². The Morgan fingerprint density at radius 2 is 1.40 bits per heavy atom. The number of esters is 1. The Hall–Kier alpha value is -1.05. The van der Waals surface area contributed by atoms with Gasteiger partial charge in [0.25, 0.3) is 0 Å². The number of rotatable bonds is 7. The third kappa shape index (κ3) is 8.23. The van der Waals surface area contributed by atoms with Gasteiger partial charge in [0.1, 0.15) is 0 Å². The molecule has 30 heavy (non-hydrogen) atoms. The van der Waals surface area contributed by atoms with E-state index in [-0.39, 0.29) is 43.3 Å². The fraction of sp³-hybridized carbons (Fsp3) is 0.667. The molecule has 0 spiro atoms. The van der Waals surface area contributed by atoms with Gasteiger partial charge in [0, 0.05) is 0 Å². The number of hydrogen-bond donors (Lipinski definition) is 0. The van der Waals surface area contributed by atoms with Crippen molar-refractivity contribution in [3.63, 3.8) is 0 Å². The molecule has 0 N–H and O–H groups in total. The Morgan fingerprint density at radius 1 is 0.933 bits per heavy atom. The monoisotopic (exact) mass is 480 g/mol. The average Bonchev–Trinajstić information content (AvgIpc) is 2.53. The molecular formula is C27H44O2Se. The van der Waals surface area contributed by atoms with Crippen molar-refractivity contribution in [2.45, 2.75) is 117 Å². The summed E-state index contributed by atoms with van der Waals surface area (Å²) in [4.78, 5) is 11.7. The number of benzene rings is 1. The SMILES string of the molecule is C=C(C)CCC(C[Se]c1c(C(C)(C)C)cc(C(C)(C)C)cc1C(C)(C)C)OC(C)=O. The van der Waals surface area contributed by atoms with E-state index in [1.54, 1.807) is 0 Å². The Morgan fingerprint density at radius 3 is 1.73 bits per heavy atom. The number of carbonyl (C=O) groups excluding carboxylic acids is 1. The zero-order valence-electron chi connectivity index (χ0n) is 21.3. The first-order valence-corrected chi connectivity index (χ1v) is 13.1. The molecule has 1 rings (SSSR count). The Bertz CT molecular complexity index is 720. The maximum atomic E-state index is 11.7. The molecule has 1 atom stereocenters. The van der Waals surface area contributed by atoms with Crippen LogP contribution in [0.25, 0.3) is 0 Å². The standard InChI is InChI=1S/C27H44O2Se/c1-18(2)13-14-21(29-19(3)28)17-30-24-22(26(7,8)9)15-20(25(4,5)6)16-23(24)27(10,11)12/h15-16,21H,1,13-14,17H2,2-12H3. The van der Waals surface area contributed by atoms with Crippen LogP contribution in [0.4, 0.5) is 0 Å². The Balaban J connectivity index is 3.47. The molecule has 0 saturated heterocycles. The second kappa shape index (κ2) is 10.0. The summed E-state index contributed by atoms with van der Waals surface area (Å²) in [5.74, 6) is -0.187. The molecule has 1 aromatic carbocycles. The van der Waals surface area contributed by atoms with Gasteiger partial charge in [0.2, 0.25) is 0 Å². The summed E-state index contributed by atoms with van der Waals surface area (Å²) in [5.41, 5.74) is 5.66. The van der Waals surface area contributed by atoms with E-state index in [9.17, 15) is 4.79 Å². The molecule has 1 unspecified atom stereocenters. The first-order chi connectivity index (χ1) is 13.4. The predicted molar refractivity (Wildman–Crippen MR) is 132 cm³/mol. The molecule has 170 valence electrons. The van der Waals surface area contributed by atoms with Gasteiger partial charge in [-0.25, -0.2) is 0 Å². The van der Waals surface area contributed by atoms with Gasteiger partial charge < -0.3 is 0 Å². The first-order valence-electron chi connectivity index (χ1n) is 11.1. The number of carbonyl (C=O) groups is 1.